The maximum absolute atomic E-state index is 11.5. The molecule has 0 radical (unpaired) electrons. The molecule has 1 heterocycles. The Labute approximate surface area is 99.4 Å². The van der Waals surface area contributed by atoms with Gasteiger partial charge in [0.05, 0.1) is 0 Å². The predicted octanol–water partition coefficient (Wildman–Crippen LogP) is 1.41. The maximum atomic E-state index is 11.5. The third kappa shape index (κ3) is 4.67. The molecule has 94 valence electrons. The number of carbonyl (C=O) groups is 2. The average molecular weight is 239 g/mol. The molecule has 0 saturated carbocycles. The number of rotatable bonds is 6. The van der Waals surface area contributed by atoms with Gasteiger partial charge in [-0.3, -0.25) is 14.7 Å². The smallest absolute Gasteiger partial charge is 0.303 e. The molecule has 0 aliphatic carbocycles. The quantitative estimate of drug-likeness (QED) is 0.699. The Balaban J connectivity index is 2.41. The van der Waals surface area contributed by atoms with Crippen LogP contribution in [0.3, 0.4) is 0 Å². The van der Waals surface area contributed by atoms with Crippen LogP contribution in [0.15, 0.2) is 6.07 Å². The second kappa shape index (κ2) is 6.03. The minimum atomic E-state index is -0.890. The molecular weight excluding hydrogens is 222 g/mol. The summed E-state index contributed by atoms with van der Waals surface area (Å²) in [5.41, 5.74) is 0.943. The number of carboxylic acid groups (broad SMARTS) is 1. The SMILES string of the molecule is CCc1cc(NC(=O)CC(C)CC(=O)O)n[nH]1. The van der Waals surface area contributed by atoms with Crippen molar-refractivity contribution in [1.29, 1.82) is 0 Å². The van der Waals surface area contributed by atoms with Crippen LogP contribution in [0.5, 0.6) is 0 Å². The first kappa shape index (κ1) is 13.2. The Morgan fingerprint density at radius 3 is 2.76 bits per heavy atom. The van der Waals surface area contributed by atoms with Crippen LogP contribution in [0.25, 0.3) is 0 Å². The van der Waals surface area contributed by atoms with Crippen molar-refractivity contribution in [1.82, 2.24) is 10.2 Å². The summed E-state index contributed by atoms with van der Waals surface area (Å²) in [4.78, 5) is 22.0. The van der Waals surface area contributed by atoms with Crippen molar-refractivity contribution in [2.75, 3.05) is 5.32 Å². The number of amides is 1. The van der Waals surface area contributed by atoms with Crippen LogP contribution in [0.1, 0.15) is 32.4 Å². The lowest BCUT2D eigenvalue weighted by Crippen LogP contribution is -2.17. The summed E-state index contributed by atoms with van der Waals surface area (Å²) in [6.45, 7) is 3.71. The molecule has 1 amide bonds. The van der Waals surface area contributed by atoms with Gasteiger partial charge in [-0.1, -0.05) is 13.8 Å². The number of H-pyrrole nitrogens is 1. The molecule has 1 aromatic rings. The number of anilines is 1. The Morgan fingerprint density at radius 1 is 1.53 bits per heavy atom. The zero-order chi connectivity index (χ0) is 12.8. The topological polar surface area (TPSA) is 95.1 Å². The molecule has 0 aromatic carbocycles. The molecule has 3 N–H and O–H groups in total. The molecule has 0 spiro atoms. The van der Waals surface area contributed by atoms with E-state index in [1.54, 1.807) is 13.0 Å². The molecule has 1 rings (SSSR count). The van der Waals surface area contributed by atoms with Crippen molar-refractivity contribution < 1.29 is 14.7 Å². The van der Waals surface area contributed by atoms with Gasteiger partial charge in [0, 0.05) is 24.6 Å². The Hall–Kier alpha value is -1.85. The summed E-state index contributed by atoms with van der Waals surface area (Å²) < 4.78 is 0. The number of nitrogens with one attached hydrogen (secondary N) is 2. The van der Waals surface area contributed by atoms with E-state index in [2.05, 4.69) is 15.5 Å². The fourth-order valence-corrected chi connectivity index (χ4v) is 1.49. The minimum absolute atomic E-state index is 0.00576. The molecule has 1 aromatic heterocycles. The van der Waals surface area contributed by atoms with E-state index in [9.17, 15) is 9.59 Å². The molecule has 0 aliphatic rings. The van der Waals surface area contributed by atoms with Gasteiger partial charge in [0.15, 0.2) is 5.82 Å². The fourth-order valence-electron chi connectivity index (χ4n) is 1.49. The highest BCUT2D eigenvalue weighted by Gasteiger charge is 2.13. The Bertz CT molecular complexity index is 400. The number of aryl methyl sites for hydroxylation is 1. The van der Waals surface area contributed by atoms with Crippen molar-refractivity contribution in [2.45, 2.75) is 33.1 Å². The van der Waals surface area contributed by atoms with Crippen LogP contribution in [-0.4, -0.2) is 27.2 Å². The summed E-state index contributed by atoms with van der Waals surface area (Å²) >= 11 is 0. The van der Waals surface area contributed by atoms with E-state index >= 15 is 0 Å². The first-order chi connectivity index (χ1) is 8.01. The molecule has 6 heteroatoms. The number of aliphatic carboxylic acids is 1. The van der Waals surface area contributed by atoms with Gasteiger partial charge in [0.2, 0.25) is 5.91 Å². The summed E-state index contributed by atoms with van der Waals surface area (Å²) in [6.07, 6.45) is 0.993. The molecule has 0 saturated heterocycles. The maximum Gasteiger partial charge on any atom is 0.303 e. The first-order valence-electron chi connectivity index (χ1n) is 5.57. The number of carbonyl (C=O) groups excluding carboxylic acids is 1. The zero-order valence-corrected chi connectivity index (χ0v) is 9.99. The highest BCUT2D eigenvalue weighted by Crippen LogP contribution is 2.10. The number of carboxylic acids is 1. The van der Waals surface area contributed by atoms with Gasteiger partial charge in [-0.25, -0.2) is 0 Å². The fraction of sp³-hybridized carbons (Fsp3) is 0.545. The van der Waals surface area contributed by atoms with Crippen molar-refractivity contribution in [3.8, 4) is 0 Å². The Kier molecular flexibility index (Phi) is 4.68. The third-order valence-electron chi connectivity index (χ3n) is 2.34. The van der Waals surface area contributed by atoms with Crippen molar-refractivity contribution in [3.05, 3.63) is 11.8 Å². The van der Waals surface area contributed by atoms with Gasteiger partial charge >= 0.3 is 5.97 Å². The number of aromatic amines is 1. The van der Waals surface area contributed by atoms with Crippen molar-refractivity contribution in [2.24, 2.45) is 5.92 Å². The second-order valence-corrected chi connectivity index (χ2v) is 4.09. The van der Waals surface area contributed by atoms with Crippen LogP contribution >= 0.6 is 0 Å². The molecule has 0 bridgehead atoms. The molecule has 0 fully saturated rings. The molecular formula is C11H17N3O3. The standard InChI is InChI=1S/C11H17N3O3/c1-3-8-6-9(14-13-8)12-10(15)4-7(2)5-11(16)17/h6-7H,3-5H2,1-2H3,(H,16,17)(H2,12,13,14,15). The number of nitrogens with zero attached hydrogens (tertiary/aromatic N) is 1. The van der Waals surface area contributed by atoms with E-state index in [0.29, 0.717) is 5.82 Å². The number of aromatic nitrogens is 2. The molecule has 0 aliphatic heterocycles. The van der Waals surface area contributed by atoms with Crippen LogP contribution in [0, 0.1) is 5.92 Å². The molecule has 6 nitrogen and oxygen atoms in total. The summed E-state index contributed by atoms with van der Waals surface area (Å²) in [6, 6.07) is 1.76. The largest absolute Gasteiger partial charge is 0.481 e. The average Bonchev–Trinajstić information content (AvgIpc) is 2.63. The normalized spacial score (nSPS) is 12.1. The summed E-state index contributed by atoms with van der Waals surface area (Å²) in [5.74, 6) is -0.808. The van der Waals surface area contributed by atoms with Crippen LogP contribution in [0.2, 0.25) is 0 Å². The van der Waals surface area contributed by atoms with E-state index in [4.69, 9.17) is 5.11 Å². The first-order valence-corrected chi connectivity index (χ1v) is 5.57. The molecule has 17 heavy (non-hydrogen) atoms. The second-order valence-electron chi connectivity index (χ2n) is 4.09. The lowest BCUT2D eigenvalue weighted by Gasteiger charge is -2.07. The predicted molar refractivity (Wildman–Crippen MR) is 62.6 cm³/mol. The third-order valence-corrected chi connectivity index (χ3v) is 2.34. The van der Waals surface area contributed by atoms with Gasteiger partial charge in [-0.15, -0.1) is 0 Å². The number of hydrogen-bond acceptors (Lipinski definition) is 3. The molecule has 1 atom stereocenters. The van der Waals surface area contributed by atoms with Crippen LogP contribution in [-0.2, 0) is 16.0 Å². The van der Waals surface area contributed by atoms with E-state index < -0.39 is 5.97 Å². The van der Waals surface area contributed by atoms with Crippen molar-refractivity contribution in [3.63, 3.8) is 0 Å². The van der Waals surface area contributed by atoms with Crippen LogP contribution in [0.4, 0.5) is 5.82 Å². The highest BCUT2D eigenvalue weighted by molar-refractivity contribution is 5.90. The van der Waals surface area contributed by atoms with Gasteiger partial charge < -0.3 is 10.4 Å². The van der Waals surface area contributed by atoms with Gasteiger partial charge in [0.25, 0.3) is 0 Å². The van der Waals surface area contributed by atoms with E-state index in [1.165, 1.54) is 0 Å². The Morgan fingerprint density at radius 2 is 2.24 bits per heavy atom. The minimum Gasteiger partial charge on any atom is -0.481 e. The highest BCUT2D eigenvalue weighted by atomic mass is 16.4. The van der Waals surface area contributed by atoms with E-state index in [1.807, 2.05) is 6.92 Å². The van der Waals surface area contributed by atoms with E-state index in [0.717, 1.165) is 12.1 Å². The lowest BCUT2D eigenvalue weighted by atomic mass is 10.0. The van der Waals surface area contributed by atoms with Gasteiger partial charge in [-0.2, -0.15) is 5.10 Å². The zero-order valence-electron chi connectivity index (χ0n) is 9.99. The van der Waals surface area contributed by atoms with Crippen molar-refractivity contribution >= 4 is 17.7 Å². The van der Waals surface area contributed by atoms with E-state index in [-0.39, 0.29) is 24.7 Å². The van der Waals surface area contributed by atoms with Crippen LogP contribution < -0.4 is 5.32 Å². The lowest BCUT2D eigenvalue weighted by molar-refractivity contribution is -0.138. The monoisotopic (exact) mass is 239 g/mol. The number of hydrogen-bond donors (Lipinski definition) is 3. The molecule has 1 unspecified atom stereocenters. The van der Waals surface area contributed by atoms with Gasteiger partial charge in [-0.05, 0) is 12.3 Å². The van der Waals surface area contributed by atoms with Gasteiger partial charge in [0.1, 0.15) is 0 Å². The summed E-state index contributed by atoms with van der Waals surface area (Å²) in [7, 11) is 0. The summed E-state index contributed by atoms with van der Waals surface area (Å²) in [5, 5.41) is 17.9.